The van der Waals surface area contributed by atoms with E-state index in [1.165, 1.54) is 0 Å². The predicted molar refractivity (Wildman–Crippen MR) is 79.9 cm³/mol. The Morgan fingerprint density at radius 3 is 2.70 bits per heavy atom. The molecule has 0 bridgehead atoms. The first kappa shape index (κ1) is 16.1. The van der Waals surface area contributed by atoms with Gasteiger partial charge in [-0.05, 0) is 26.0 Å². The van der Waals surface area contributed by atoms with E-state index in [-0.39, 0.29) is 11.9 Å². The Morgan fingerprint density at radius 2 is 2.15 bits per heavy atom. The zero-order chi connectivity index (χ0) is 15.1. The maximum atomic E-state index is 8.86. The minimum absolute atomic E-state index is 0.0688. The monoisotopic (exact) mass is 281 g/mol. The molecule has 0 saturated carbocycles. The van der Waals surface area contributed by atoms with E-state index in [0.717, 1.165) is 5.69 Å². The van der Waals surface area contributed by atoms with Crippen LogP contribution in [0.1, 0.15) is 19.4 Å². The number of ether oxygens (including phenoxy) is 2. The van der Waals surface area contributed by atoms with Crippen molar-refractivity contribution in [2.75, 3.05) is 32.2 Å². The fraction of sp³-hybridized carbons (Fsp3) is 0.500. The topological polar surface area (TPSA) is 80.3 Å². The highest BCUT2D eigenvalue weighted by molar-refractivity contribution is 6.02. The van der Waals surface area contributed by atoms with Crippen LogP contribution in [0, 0.1) is 0 Å². The van der Waals surface area contributed by atoms with Gasteiger partial charge in [-0.3, -0.25) is 0 Å². The van der Waals surface area contributed by atoms with Gasteiger partial charge in [0.25, 0.3) is 0 Å². The molecule has 6 nitrogen and oxygen atoms in total. The highest BCUT2D eigenvalue weighted by Crippen LogP contribution is 2.25. The van der Waals surface area contributed by atoms with Crippen molar-refractivity contribution in [1.29, 1.82) is 0 Å². The third-order valence-corrected chi connectivity index (χ3v) is 2.88. The van der Waals surface area contributed by atoms with E-state index in [0.29, 0.717) is 24.5 Å². The highest BCUT2D eigenvalue weighted by atomic mass is 16.5. The average molecular weight is 281 g/mol. The van der Waals surface area contributed by atoms with Crippen molar-refractivity contribution in [3.63, 3.8) is 0 Å². The number of oxime groups is 1. The van der Waals surface area contributed by atoms with E-state index < -0.39 is 0 Å². The Balaban J connectivity index is 2.94. The number of hydrogen-bond acceptors (Lipinski definition) is 5. The summed E-state index contributed by atoms with van der Waals surface area (Å²) in [6, 6.07) is 5.39. The predicted octanol–water partition coefficient (Wildman–Crippen LogP) is 1.65. The molecule has 0 aliphatic heterocycles. The van der Waals surface area contributed by atoms with Crippen LogP contribution in [-0.2, 0) is 4.74 Å². The Morgan fingerprint density at radius 1 is 1.45 bits per heavy atom. The summed E-state index contributed by atoms with van der Waals surface area (Å²) >= 11 is 0. The molecule has 112 valence electrons. The summed E-state index contributed by atoms with van der Waals surface area (Å²) in [5.41, 5.74) is 7.18. The summed E-state index contributed by atoms with van der Waals surface area (Å²) in [7, 11) is 3.52. The maximum Gasteiger partial charge on any atom is 0.172 e. The second-order valence-electron chi connectivity index (χ2n) is 4.71. The highest BCUT2D eigenvalue weighted by Gasteiger charge is 2.12. The molecule has 20 heavy (non-hydrogen) atoms. The smallest absolute Gasteiger partial charge is 0.172 e. The fourth-order valence-electron chi connectivity index (χ4n) is 1.77. The fourth-order valence-corrected chi connectivity index (χ4v) is 1.77. The molecule has 0 atom stereocenters. The van der Waals surface area contributed by atoms with Crippen LogP contribution in [0.3, 0.4) is 0 Å². The minimum Gasteiger partial charge on any atom is -0.497 e. The molecule has 1 aromatic rings. The van der Waals surface area contributed by atoms with Crippen molar-refractivity contribution in [2.24, 2.45) is 10.9 Å². The van der Waals surface area contributed by atoms with Crippen molar-refractivity contribution in [3.05, 3.63) is 23.8 Å². The zero-order valence-corrected chi connectivity index (χ0v) is 12.5. The molecule has 1 rings (SSSR count). The van der Waals surface area contributed by atoms with Crippen LogP contribution in [0.5, 0.6) is 5.75 Å². The Kier molecular flexibility index (Phi) is 6.11. The molecule has 3 N–H and O–H groups in total. The molecule has 0 aliphatic rings. The molecule has 6 heteroatoms. The maximum absolute atomic E-state index is 8.86. The molecule has 0 spiro atoms. The lowest BCUT2D eigenvalue weighted by Crippen LogP contribution is -2.27. The molecule has 0 radical (unpaired) electrons. The van der Waals surface area contributed by atoms with Crippen molar-refractivity contribution >= 4 is 11.5 Å². The first-order valence-electron chi connectivity index (χ1n) is 6.48. The van der Waals surface area contributed by atoms with Gasteiger partial charge >= 0.3 is 0 Å². The van der Waals surface area contributed by atoms with Crippen LogP contribution < -0.4 is 15.4 Å². The SMILES string of the molecule is COc1ccc(/C(N)=N/O)c(N(C)CCOC(C)C)c1. The van der Waals surface area contributed by atoms with Crippen LogP contribution >= 0.6 is 0 Å². The van der Waals surface area contributed by atoms with Crippen LogP contribution in [0.25, 0.3) is 0 Å². The average Bonchev–Trinajstić information content (AvgIpc) is 2.45. The number of likely N-dealkylation sites (N-methyl/N-ethyl adjacent to an activating group) is 1. The van der Waals surface area contributed by atoms with Gasteiger partial charge in [-0.1, -0.05) is 5.16 Å². The van der Waals surface area contributed by atoms with Crippen LogP contribution in [0.2, 0.25) is 0 Å². The molecular formula is C14H23N3O3. The number of nitrogens with two attached hydrogens (primary N) is 1. The van der Waals surface area contributed by atoms with E-state index in [4.69, 9.17) is 20.4 Å². The summed E-state index contributed by atoms with van der Waals surface area (Å²) in [4.78, 5) is 1.98. The number of amidine groups is 1. The lowest BCUT2D eigenvalue weighted by Gasteiger charge is -2.23. The largest absolute Gasteiger partial charge is 0.497 e. The third kappa shape index (κ3) is 4.31. The van der Waals surface area contributed by atoms with Gasteiger partial charge in [0.2, 0.25) is 0 Å². The van der Waals surface area contributed by atoms with Crippen molar-refractivity contribution in [2.45, 2.75) is 20.0 Å². The van der Waals surface area contributed by atoms with Crippen molar-refractivity contribution in [1.82, 2.24) is 0 Å². The second-order valence-corrected chi connectivity index (χ2v) is 4.71. The number of anilines is 1. The number of methoxy groups -OCH3 is 1. The second kappa shape index (κ2) is 7.59. The summed E-state index contributed by atoms with van der Waals surface area (Å²) < 4.78 is 10.7. The molecular weight excluding hydrogens is 258 g/mol. The molecule has 0 heterocycles. The van der Waals surface area contributed by atoms with Crippen molar-refractivity contribution < 1.29 is 14.7 Å². The number of benzene rings is 1. The Bertz CT molecular complexity index is 461. The van der Waals surface area contributed by atoms with E-state index in [1.807, 2.05) is 31.9 Å². The quantitative estimate of drug-likeness (QED) is 0.344. The molecule has 0 unspecified atom stereocenters. The van der Waals surface area contributed by atoms with Gasteiger partial charge in [-0.15, -0.1) is 0 Å². The first-order chi connectivity index (χ1) is 9.49. The molecule has 0 aliphatic carbocycles. The van der Waals surface area contributed by atoms with Gasteiger partial charge in [-0.25, -0.2) is 0 Å². The standard InChI is InChI=1S/C14H23N3O3/c1-10(2)20-8-7-17(3)13-9-11(19-4)5-6-12(13)14(15)16-18/h5-6,9-10,18H,7-8H2,1-4H3,(H2,15,16). The van der Waals surface area contributed by atoms with Gasteiger partial charge in [0, 0.05) is 25.2 Å². The minimum atomic E-state index is 0.0688. The van der Waals surface area contributed by atoms with Gasteiger partial charge in [0.05, 0.1) is 25.5 Å². The summed E-state index contributed by atoms with van der Waals surface area (Å²) in [6.45, 7) is 5.28. The molecule has 0 aromatic heterocycles. The van der Waals surface area contributed by atoms with E-state index in [2.05, 4.69) is 5.16 Å². The van der Waals surface area contributed by atoms with Crippen LogP contribution in [0.15, 0.2) is 23.4 Å². The third-order valence-electron chi connectivity index (χ3n) is 2.88. The molecule has 0 amide bonds. The summed E-state index contributed by atoms with van der Waals surface area (Å²) in [5.74, 6) is 0.783. The number of nitrogens with zero attached hydrogens (tertiary/aromatic N) is 2. The lowest BCUT2D eigenvalue weighted by atomic mass is 10.1. The zero-order valence-electron chi connectivity index (χ0n) is 12.5. The molecule has 1 aromatic carbocycles. The Labute approximate surface area is 119 Å². The van der Waals surface area contributed by atoms with Gasteiger partial charge in [-0.2, -0.15) is 0 Å². The molecule has 0 fully saturated rings. The molecule has 0 saturated heterocycles. The summed E-state index contributed by atoms with van der Waals surface area (Å²) in [6.07, 6.45) is 0.192. The van der Waals surface area contributed by atoms with Crippen molar-refractivity contribution in [3.8, 4) is 5.75 Å². The number of rotatable bonds is 7. The van der Waals surface area contributed by atoms with E-state index >= 15 is 0 Å². The van der Waals surface area contributed by atoms with Gasteiger partial charge in [0.15, 0.2) is 5.84 Å². The van der Waals surface area contributed by atoms with E-state index in [9.17, 15) is 0 Å². The normalized spacial score (nSPS) is 11.8. The lowest BCUT2D eigenvalue weighted by molar-refractivity contribution is 0.0846. The first-order valence-corrected chi connectivity index (χ1v) is 6.48. The van der Waals surface area contributed by atoms with Gasteiger partial charge < -0.3 is 25.3 Å². The van der Waals surface area contributed by atoms with Crippen LogP contribution in [0.4, 0.5) is 5.69 Å². The number of hydrogen-bond donors (Lipinski definition) is 2. The Hall–Kier alpha value is -1.95. The van der Waals surface area contributed by atoms with E-state index in [1.54, 1.807) is 19.2 Å². The van der Waals surface area contributed by atoms with Crippen LogP contribution in [-0.4, -0.2) is 44.5 Å². The van der Waals surface area contributed by atoms with Gasteiger partial charge in [0.1, 0.15) is 5.75 Å². The summed E-state index contributed by atoms with van der Waals surface area (Å²) in [5, 5.41) is 11.9.